The average molecular weight is 586 g/mol. The first-order chi connectivity index (χ1) is 17.0. The molecular formula is C27H27IN2O5. The van der Waals surface area contributed by atoms with E-state index in [9.17, 15) is 14.4 Å². The van der Waals surface area contributed by atoms with Crippen molar-refractivity contribution in [2.75, 3.05) is 7.11 Å². The molecule has 0 fully saturated rings. The normalized spacial score (nSPS) is 12.2. The highest BCUT2D eigenvalue weighted by Crippen LogP contribution is 2.14. The smallest absolute Gasteiger partial charge is 0.408 e. The third kappa shape index (κ3) is 8.40. The van der Waals surface area contributed by atoms with Crippen molar-refractivity contribution in [3.8, 4) is 0 Å². The summed E-state index contributed by atoms with van der Waals surface area (Å²) in [5.74, 6) is -1.07. The van der Waals surface area contributed by atoms with Crippen LogP contribution in [0.25, 0.3) is 0 Å². The van der Waals surface area contributed by atoms with Gasteiger partial charge in [-0.2, -0.15) is 0 Å². The first-order valence-electron chi connectivity index (χ1n) is 11.1. The number of hydrogen-bond donors (Lipinski definition) is 2. The molecule has 0 saturated heterocycles. The van der Waals surface area contributed by atoms with Crippen LogP contribution in [0, 0.1) is 3.57 Å². The summed E-state index contributed by atoms with van der Waals surface area (Å²) >= 11 is 2.18. The Morgan fingerprint density at radius 2 is 1.37 bits per heavy atom. The number of halogens is 1. The number of benzene rings is 3. The van der Waals surface area contributed by atoms with Crippen molar-refractivity contribution in [1.82, 2.24) is 10.6 Å². The number of hydrogen-bond acceptors (Lipinski definition) is 5. The van der Waals surface area contributed by atoms with Gasteiger partial charge in [-0.15, -0.1) is 0 Å². The molecule has 0 aliphatic rings. The largest absolute Gasteiger partial charge is 0.467 e. The van der Waals surface area contributed by atoms with Crippen molar-refractivity contribution in [1.29, 1.82) is 0 Å². The van der Waals surface area contributed by atoms with Crippen molar-refractivity contribution < 1.29 is 23.9 Å². The highest BCUT2D eigenvalue weighted by atomic mass is 127. The molecule has 0 unspecified atom stereocenters. The molecule has 3 aromatic carbocycles. The SMILES string of the molecule is COC(=O)[C@@H](Cc1ccccc1I)NC(=O)[C@H](Cc1ccccc1)NC(=O)OCc1ccccc1. The summed E-state index contributed by atoms with van der Waals surface area (Å²) in [7, 11) is 1.28. The summed E-state index contributed by atoms with van der Waals surface area (Å²) in [6.45, 7) is 0.0730. The van der Waals surface area contributed by atoms with Gasteiger partial charge in [-0.1, -0.05) is 78.9 Å². The van der Waals surface area contributed by atoms with Crippen LogP contribution in [0.2, 0.25) is 0 Å². The van der Waals surface area contributed by atoms with Crippen LogP contribution >= 0.6 is 22.6 Å². The average Bonchev–Trinajstić information content (AvgIpc) is 2.88. The quantitative estimate of drug-likeness (QED) is 0.277. The third-order valence-corrected chi connectivity index (χ3v) is 6.34. The molecule has 3 aromatic rings. The maximum atomic E-state index is 13.3. The van der Waals surface area contributed by atoms with Gasteiger partial charge in [0.05, 0.1) is 7.11 Å². The minimum atomic E-state index is -0.956. The molecule has 0 saturated carbocycles. The number of amides is 2. The molecule has 8 heteroatoms. The summed E-state index contributed by atoms with van der Waals surface area (Å²) in [5, 5.41) is 5.40. The predicted octanol–water partition coefficient (Wildman–Crippen LogP) is 4.03. The van der Waals surface area contributed by atoms with Gasteiger partial charge in [0.15, 0.2) is 0 Å². The van der Waals surface area contributed by atoms with Gasteiger partial charge in [0, 0.05) is 16.4 Å². The maximum absolute atomic E-state index is 13.3. The lowest BCUT2D eigenvalue weighted by molar-refractivity contribution is -0.145. The Morgan fingerprint density at radius 3 is 2.00 bits per heavy atom. The fraction of sp³-hybridized carbons (Fsp3) is 0.222. The number of alkyl carbamates (subject to hydrolysis) is 1. The summed E-state index contributed by atoms with van der Waals surface area (Å²) in [6, 6.07) is 24.3. The van der Waals surface area contributed by atoms with E-state index in [4.69, 9.17) is 9.47 Å². The number of carbonyl (C=O) groups excluding carboxylic acids is 3. The van der Waals surface area contributed by atoms with Crippen molar-refractivity contribution in [3.63, 3.8) is 0 Å². The van der Waals surface area contributed by atoms with Crippen molar-refractivity contribution >= 4 is 40.6 Å². The monoisotopic (exact) mass is 586 g/mol. The number of methoxy groups -OCH3 is 1. The Hall–Kier alpha value is -3.40. The molecule has 0 heterocycles. The Labute approximate surface area is 218 Å². The number of carbonyl (C=O) groups is 3. The maximum Gasteiger partial charge on any atom is 0.408 e. The van der Waals surface area contributed by atoms with E-state index in [1.54, 1.807) is 0 Å². The predicted molar refractivity (Wildman–Crippen MR) is 141 cm³/mol. The second-order valence-corrected chi connectivity index (χ2v) is 8.99. The second kappa shape index (κ2) is 13.5. The number of esters is 1. The van der Waals surface area contributed by atoms with Gasteiger partial charge < -0.3 is 20.1 Å². The van der Waals surface area contributed by atoms with Crippen molar-refractivity contribution in [3.05, 3.63) is 105 Å². The molecule has 0 bridgehead atoms. The van der Waals surface area contributed by atoms with E-state index in [0.29, 0.717) is 0 Å². The first-order valence-corrected chi connectivity index (χ1v) is 12.2. The van der Waals surface area contributed by atoms with Gasteiger partial charge in [0.2, 0.25) is 5.91 Å². The van der Waals surface area contributed by atoms with E-state index in [1.807, 2.05) is 84.9 Å². The van der Waals surface area contributed by atoms with Gasteiger partial charge in [-0.05, 0) is 45.3 Å². The summed E-state index contributed by atoms with van der Waals surface area (Å²) < 4.78 is 11.2. The first kappa shape index (κ1) is 26.2. The molecule has 35 heavy (non-hydrogen) atoms. The summed E-state index contributed by atoms with van der Waals surface area (Å²) in [6.07, 6.45) is -0.241. The van der Waals surface area contributed by atoms with Gasteiger partial charge in [-0.3, -0.25) is 4.79 Å². The lowest BCUT2D eigenvalue weighted by Crippen LogP contribution is -2.53. The minimum absolute atomic E-state index is 0.0730. The number of rotatable bonds is 10. The highest BCUT2D eigenvalue weighted by molar-refractivity contribution is 14.1. The molecule has 3 rings (SSSR count). The Morgan fingerprint density at radius 1 is 0.771 bits per heavy atom. The molecule has 2 N–H and O–H groups in total. The topological polar surface area (TPSA) is 93.7 Å². The standard InChI is InChI=1S/C27H27IN2O5/c1-34-26(32)24(17-21-14-8-9-15-22(21)28)29-25(31)23(16-19-10-4-2-5-11-19)30-27(33)35-18-20-12-6-3-7-13-20/h2-15,23-24H,16-18H2,1H3,(H,29,31)(H,30,33)/t23-,24+/m0/s1. The van der Waals surface area contributed by atoms with E-state index in [-0.39, 0.29) is 19.4 Å². The zero-order valence-electron chi connectivity index (χ0n) is 19.3. The van der Waals surface area contributed by atoms with E-state index < -0.39 is 30.1 Å². The fourth-order valence-corrected chi connectivity index (χ4v) is 4.07. The molecular weight excluding hydrogens is 559 g/mol. The molecule has 7 nitrogen and oxygen atoms in total. The van der Waals surface area contributed by atoms with E-state index in [1.165, 1.54) is 7.11 Å². The third-order valence-electron chi connectivity index (χ3n) is 5.29. The number of ether oxygens (including phenoxy) is 2. The Bertz CT molecular complexity index is 1120. The molecule has 0 aromatic heterocycles. The second-order valence-electron chi connectivity index (χ2n) is 7.83. The highest BCUT2D eigenvalue weighted by Gasteiger charge is 2.28. The van der Waals surface area contributed by atoms with Crippen LogP contribution in [0.1, 0.15) is 16.7 Å². The van der Waals surface area contributed by atoms with E-state index in [0.717, 1.165) is 20.3 Å². The molecule has 0 aliphatic heterocycles. The van der Waals surface area contributed by atoms with E-state index in [2.05, 4.69) is 33.2 Å². The number of nitrogens with one attached hydrogen (secondary N) is 2. The van der Waals surface area contributed by atoms with Crippen LogP contribution in [0.15, 0.2) is 84.9 Å². The Kier molecular flexibility index (Phi) is 10.1. The van der Waals surface area contributed by atoms with Gasteiger partial charge in [0.1, 0.15) is 18.7 Å². The molecule has 2 atom stereocenters. The zero-order chi connectivity index (χ0) is 25.0. The van der Waals surface area contributed by atoms with Crippen LogP contribution < -0.4 is 10.6 Å². The van der Waals surface area contributed by atoms with Gasteiger partial charge in [-0.25, -0.2) is 9.59 Å². The summed E-state index contributed by atoms with van der Waals surface area (Å²) in [5.41, 5.74) is 2.58. The molecule has 0 aliphatic carbocycles. The fourth-order valence-electron chi connectivity index (χ4n) is 3.46. The Balaban J connectivity index is 1.72. The van der Waals surface area contributed by atoms with Gasteiger partial charge >= 0.3 is 12.1 Å². The molecule has 0 spiro atoms. The van der Waals surface area contributed by atoms with Crippen LogP contribution in [0.4, 0.5) is 4.79 Å². The van der Waals surface area contributed by atoms with Crippen LogP contribution in [-0.4, -0.2) is 37.2 Å². The van der Waals surface area contributed by atoms with Crippen LogP contribution in [-0.2, 0) is 38.5 Å². The van der Waals surface area contributed by atoms with Crippen LogP contribution in [0.3, 0.4) is 0 Å². The minimum Gasteiger partial charge on any atom is -0.467 e. The lowest BCUT2D eigenvalue weighted by atomic mass is 10.0. The molecule has 0 radical (unpaired) electrons. The molecule has 2 amide bonds. The molecule has 182 valence electrons. The van der Waals surface area contributed by atoms with Gasteiger partial charge in [0.25, 0.3) is 0 Å². The van der Waals surface area contributed by atoms with Crippen molar-refractivity contribution in [2.45, 2.75) is 31.5 Å². The van der Waals surface area contributed by atoms with Crippen LogP contribution in [0.5, 0.6) is 0 Å². The lowest BCUT2D eigenvalue weighted by Gasteiger charge is -2.22. The van der Waals surface area contributed by atoms with Crippen molar-refractivity contribution in [2.24, 2.45) is 0 Å². The van der Waals surface area contributed by atoms with E-state index >= 15 is 0 Å². The summed E-state index contributed by atoms with van der Waals surface area (Å²) in [4.78, 5) is 38.3. The zero-order valence-corrected chi connectivity index (χ0v) is 21.4.